The molecule has 84 valence electrons. The molecule has 5 heteroatoms. The molecule has 2 heterocycles. The van der Waals surface area contributed by atoms with Crippen LogP contribution in [0.5, 0.6) is 0 Å². The lowest BCUT2D eigenvalue weighted by Gasteiger charge is -1.94. The molecule has 0 saturated heterocycles. The second-order valence-corrected chi connectivity index (χ2v) is 5.47. The van der Waals surface area contributed by atoms with E-state index in [0.29, 0.717) is 17.1 Å². The van der Waals surface area contributed by atoms with Crippen LogP contribution in [0, 0.1) is 6.92 Å². The van der Waals surface area contributed by atoms with E-state index in [0.717, 1.165) is 0 Å². The summed E-state index contributed by atoms with van der Waals surface area (Å²) in [5.74, 6) is 0.397. The van der Waals surface area contributed by atoms with Gasteiger partial charge in [0.1, 0.15) is 5.76 Å². The summed E-state index contributed by atoms with van der Waals surface area (Å²) in [6.45, 7) is 1.74. The van der Waals surface area contributed by atoms with Crippen molar-refractivity contribution in [1.82, 2.24) is 0 Å². The second-order valence-electron chi connectivity index (χ2n) is 3.25. The normalized spacial score (nSPS) is 10.6. The maximum atomic E-state index is 10.8. The van der Waals surface area contributed by atoms with E-state index in [1.165, 1.54) is 4.21 Å². The van der Waals surface area contributed by atoms with Crippen molar-refractivity contribution in [3.05, 3.63) is 40.7 Å². The van der Waals surface area contributed by atoms with Crippen LogP contribution < -0.4 is 0 Å². The molecule has 2 rings (SSSR count). The van der Waals surface area contributed by atoms with Crippen molar-refractivity contribution >= 4 is 29.1 Å². The Morgan fingerprint density at radius 2 is 2.44 bits per heavy atom. The Bertz CT molecular complexity index is 485. The Balaban J connectivity index is 2.05. The minimum Gasteiger partial charge on any atom is -0.475 e. The van der Waals surface area contributed by atoms with Crippen LogP contribution in [0.4, 0.5) is 0 Å². The molecule has 0 unspecified atom stereocenters. The number of carbonyl (C=O) groups is 1. The van der Waals surface area contributed by atoms with Gasteiger partial charge in [0.15, 0.2) is 0 Å². The van der Waals surface area contributed by atoms with Crippen LogP contribution >= 0.6 is 23.1 Å². The van der Waals surface area contributed by atoms with E-state index in [1.54, 1.807) is 36.1 Å². The number of thioether (sulfide) groups is 1. The number of aryl methyl sites for hydroxylation is 1. The summed E-state index contributed by atoms with van der Waals surface area (Å²) in [6.07, 6.45) is 0. The number of furan rings is 1. The molecule has 0 aliphatic rings. The van der Waals surface area contributed by atoms with E-state index >= 15 is 0 Å². The smallest absolute Gasteiger partial charge is 0.372 e. The number of carboxylic acids is 1. The molecule has 0 amide bonds. The molecule has 0 atom stereocenters. The molecule has 2 aromatic rings. The molecule has 0 aliphatic carbocycles. The summed E-state index contributed by atoms with van der Waals surface area (Å²) in [4.78, 5) is 10.8. The quantitative estimate of drug-likeness (QED) is 0.846. The van der Waals surface area contributed by atoms with E-state index in [-0.39, 0.29) is 5.76 Å². The monoisotopic (exact) mass is 254 g/mol. The third-order valence-corrected chi connectivity index (χ3v) is 4.17. The van der Waals surface area contributed by atoms with Crippen molar-refractivity contribution in [1.29, 1.82) is 0 Å². The van der Waals surface area contributed by atoms with Gasteiger partial charge >= 0.3 is 5.97 Å². The zero-order valence-corrected chi connectivity index (χ0v) is 10.2. The van der Waals surface area contributed by atoms with Gasteiger partial charge in [-0.15, -0.1) is 23.1 Å². The van der Waals surface area contributed by atoms with Crippen molar-refractivity contribution in [2.45, 2.75) is 16.9 Å². The van der Waals surface area contributed by atoms with E-state index in [9.17, 15) is 4.79 Å². The van der Waals surface area contributed by atoms with Gasteiger partial charge < -0.3 is 9.52 Å². The number of carboxylic acid groups (broad SMARTS) is 1. The molecule has 0 radical (unpaired) electrons. The largest absolute Gasteiger partial charge is 0.475 e. The first-order chi connectivity index (χ1) is 7.66. The Kier molecular flexibility index (Phi) is 3.36. The molecule has 0 bridgehead atoms. The highest BCUT2D eigenvalue weighted by Crippen LogP contribution is 2.28. The van der Waals surface area contributed by atoms with E-state index in [2.05, 4.69) is 0 Å². The fraction of sp³-hybridized carbons (Fsp3) is 0.182. The lowest BCUT2D eigenvalue weighted by molar-refractivity contribution is 0.0659. The zero-order valence-electron chi connectivity index (χ0n) is 8.60. The Morgan fingerprint density at radius 1 is 1.62 bits per heavy atom. The minimum atomic E-state index is -1.01. The lowest BCUT2D eigenvalue weighted by Crippen LogP contribution is -1.94. The average molecular weight is 254 g/mol. The van der Waals surface area contributed by atoms with E-state index in [1.807, 2.05) is 17.5 Å². The predicted molar refractivity (Wildman–Crippen MR) is 64.3 cm³/mol. The first-order valence-corrected chi connectivity index (χ1v) is 6.52. The van der Waals surface area contributed by atoms with Crippen molar-refractivity contribution in [2.75, 3.05) is 0 Å². The summed E-state index contributed by atoms with van der Waals surface area (Å²) in [7, 11) is 0. The molecule has 0 aliphatic heterocycles. The highest BCUT2D eigenvalue weighted by atomic mass is 32.2. The number of hydrogen-bond acceptors (Lipinski definition) is 4. The van der Waals surface area contributed by atoms with Crippen LogP contribution in [0.15, 0.2) is 32.2 Å². The summed E-state index contributed by atoms with van der Waals surface area (Å²) in [5, 5.41) is 10.8. The van der Waals surface area contributed by atoms with Crippen LogP contribution in [0.25, 0.3) is 0 Å². The van der Waals surface area contributed by atoms with Crippen LogP contribution in [0.1, 0.15) is 21.9 Å². The summed E-state index contributed by atoms with van der Waals surface area (Å²) < 4.78 is 6.46. The number of hydrogen-bond donors (Lipinski definition) is 1. The Hall–Kier alpha value is -1.20. The molecule has 2 aromatic heterocycles. The fourth-order valence-corrected chi connectivity index (χ4v) is 2.98. The van der Waals surface area contributed by atoms with Gasteiger partial charge in [0, 0.05) is 5.56 Å². The highest BCUT2D eigenvalue weighted by Gasteiger charge is 2.14. The molecule has 16 heavy (non-hydrogen) atoms. The molecular weight excluding hydrogens is 244 g/mol. The molecule has 1 N–H and O–H groups in total. The van der Waals surface area contributed by atoms with Gasteiger partial charge in [-0.1, -0.05) is 6.07 Å². The zero-order chi connectivity index (χ0) is 11.5. The van der Waals surface area contributed by atoms with Crippen LogP contribution in [0.2, 0.25) is 0 Å². The molecular formula is C11H10O3S2. The third-order valence-electron chi connectivity index (χ3n) is 2.01. The van der Waals surface area contributed by atoms with Crippen LogP contribution in [-0.4, -0.2) is 11.1 Å². The van der Waals surface area contributed by atoms with Gasteiger partial charge in [0.25, 0.3) is 0 Å². The lowest BCUT2D eigenvalue weighted by atomic mass is 10.3. The van der Waals surface area contributed by atoms with E-state index < -0.39 is 5.97 Å². The van der Waals surface area contributed by atoms with Crippen molar-refractivity contribution in [3.8, 4) is 0 Å². The number of aromatic carboxylic acids is 1. The minimum absolute atomic E-state index is 0.0433. The predicted octanol–water partition coefficient (Wildman–Crippen LogP) is 3.64. The highest BCUT2D eigenvalue weighted by molar-refractivity contribution is 8.00. The number of thiophene rings is 1. The molecule has 0 saturated carbocycles. The van der Waals surface area contributed by atoms with Gasteiger partial charge in [-0.2, -0.15) is 0 Å². The molecule has 0 fully saturated rings. The number of rotatable bonds is 4. The van der Waals surface area contributed by atoms with Crippen LogP contribution in [-0.2, 0) is 5.75 Å². The standard InChI is InChI=1S/C11H10O3S2/c1-7-5-8(14-10(7)11(12)13)6-16-9-3-2-4-15-9/h2-5H,6H2,1H3,(H,12,13). The summed E-state index contributed by atoms with van der Waals surface area (Å²) >= 11 is 3.31. The van der Waals surface area contributed by atoms with Crippen molar-refractivity contribution in [2.24, 2.45) is 0 Å². The maximum Gasteiger partial charge on any atom is 0.372 e. The van der Waals surface area contributed by atoms with Crippen molar-refractivity contribution in [3.63, 3.8) is 0 Å². The molecule has 3 nitrogen and oxygen atoms in total. The van der Waals surface area contributed by atoms with Gasteiger partial charge in [-0.05, 0) is 24.4 Å². The first kappa shape index (κ1) is 11.3. The Morgan fingerprint density at radius 3 is 3.00 bits per heavy atom. The maximum absolute atomic E-state index is 10.8. The fourth-order valence-electron chi connectivity index (χ4n) is 1.32. The van der Waals surface area contributed by atoms with Crippen molar-refractivity contribution < 1.29 is 14.3 Å². The summed E-state index contributed by atoms with van der Waals surface area (Å²) in [5.41, 5.74) is 0.675. The van der Waals surface area contributed by atoms with Gasteiger partial charge in [-0.3, -0.25) is 0 Å². The second kappa shape index (κ2) is 4.76. The van der Waals surface area contributed by atoms with Gasteiger partial charge in [0.2, 0.25) is 5.76 Å². The first-order valence-electron chi connectivity index (χ1n) is 4.65. The average Bonchev–Trinajstić information content (AvgIpc) is 2.83. The van der Waals surface area contributed by atoms with E-state index in [4.69, 9.17) is 9.52 Å². The van der Waals surface area contributed by atoms with Crippen LogP contribution in [0.3, 0.4) is 0 Å². The molecule has 0 aromatic carbocycles. The van der Waals surface area contributed by atoms with Gasteiger partial charge in [0.05, 0.1) is 9.96 Å². The molecule has 0 spiro atoms. The van der Waals surface area contributed by atoms with Gasteiger partial charge in [-0.25, -0.2) is 4.79 Å². The summed E-state index contributed by atoms with van der Waals surface area (Å²) in [6, 6.07) is 5.80. The SMILES string of the molecule is Cc1cc(CSc2cccs2)oc1C(=O)O. The third kappa shape index (κ3) is 2.48. The Labute approximate surface area is 101 Å². The topological polar surface area (TPSA) is 50.4 Å².